The van der Waals surface area contributed by atoms with Crippen molar-refractivity contribution in [2.24, 2.45) is 5.10 Å². The zero-order chi connectivity index (χ0) is 19.7. The van der Waals surface area contributed by atoms with Crippen molar-refractivity contribution < 1.29 is 0 Å². The third kappa shape index (κ3) is 3.25. The van der Waals surface area contributed by atoms with E-state index in [1.807, 2.05) is 68.4 Å². The normalized spacial score (nSPS) is 11.4. The molecule has 0 aliphatic carbocycles. The van der Waals surface area contributed by atoms with Gasteiger partial charge in [-0.15, -0.1) is 0 Å². The lowest BCUT2D eigenvalue weighted by atomic mass is 10.1. The molecule has 2 aromatic carbocycles. The predicted molar refractivity (Wildman–Crippen MR) is 112 cm³/mol. The van der Waals surface area contributed by atoms with Crippen LogP contribution in [0.25, 0.3) is 17.1 Å². The van der Waals surface area contributed by atoms with Crippen LogP contribution in [0, 0.1) is 18.6 Å². The van der Waals surface area contributed by atoms with Gasteiger partial charge in [-0.1, -0.05) is 48.0 Å². The lowest BCUT2D eigenvalue weighted by Gasteiger charge is -2.01. The fraction of sp³-hybridized carbons (Fsp3) is 0.100. The van der Waals surface area contributed by atoms with Gasteiger partial charge in [-0.2, -0.15) is 14.9 Å². The van der Waals surface area contributed by atoms with E-state index in [9.17, 15) is 4.79 Å². The third-order valence-corrected chi connectivity index (χ3v) is 4.66. The minimum absolute atomic E-state index is 0.181. The van der Waals surface area contributed by atoms with Crippen molar-refractivity contribution in [1.29, 1.82) is 0 Å². The van der Waals surface area contributed by atoms with Gasteiger partial charge in [0.1, 0.15) is 0 Å². The van der Waals surface area contributed by atoms with Gasteiger partial charge in [-0.3, -0.25) is 9.89 Å². The summed E-state index contributed by atoms with van der Waals surface area (Å²) in [5, 5.41) is 14.5. The lowest BCUT2D eigenvalue weighted by molar-refractivity contribution is 0.835. The van der Waals surface area contributed by atoms with Gasteiger partial charge < -0.3 is 0 Å². The van der Waals surface area contributed by atoms with Crippen LogP contribution in [0.2, 0.25) is 0 Å². The number of hydrogen-bond donors (Lipinski definition) is 2. The van der Waals surface area contributed by atoms with Crippen molar-refractivity contribution in [3.8, 4) is 17.1 Å². The number of nitrogens with one attached hydrogen (secondary N) is 2. The zero-order valence-electron chi connectivity index (χ0n) is 15.4. The van der Waals surface area contributed by atoms with Crippen molar-refractivity contribution in [3.63, 3.8) is 0 Å². The van der Waals surface area contributed by atoms with Crippen LogP contribution in [0.5, 0.6) is 0 Å². The Balaban J connectivity index is 1.75. The molecule has 0 atom stereocenters. The topological polar surface area (TPSA) is 83.8 Å². The maximum Gasteiger partial charge on any atom is 0.280 e. The number of aromatic nitrogens is 5. The fourth-order valence-corrected chi connectivity index (χ4v) is 3.05. The molecule has 0 aliphatic rings. The Bertz CT molecular complexity index is 1260. The highest BCUT2D eigenvalue weighted by molar-refractivity contribution is 7.71. The van der Waals surface area contributed by atoms with Gasteiger partial charge in [0, 0.05) is 11.3 Å². The summed E-state index contributed by atoms with van der Waals surface area (Å²) in [4.78, 5) is 12.8. The highest BCUT2D eigenvalue weighted by Crippen LogP contribution is 2.17. The highest BCUT2D eigenvalue weighted by atomic mass is 32.1. The monoisotopic (exact) mass is 390 g/mol. The molecule has 4 rings (SSSR count). The zero-order valence-corrected chi connectivity index (χ0v) is 16.2. The first kappa shape index (κ1) is 17.9. The third-order valence-electron chi connectivity index (χ3n) is 4.39. The number of nitrogens with zero attached hydrogens (tertiary/aromatic N) is 4. The van der Waals surface area contributed by atoms with Crippen molar-refractivity contribution in [2.75, 3.05) is 0 Å². The van der Waals surface area contributed by atoms with Crippen LogP contribution in [0.15, 0.2) is 64.5 Å². The molecular weight excluding hydrogens is 372 g/mol. The molecule has 28 heavy (non-hydrogen) atoms. The van der Waals surface area contributed by atoms with E-state index in [1.54, 1.807) is 0 Å². The second-order valence-corrected chi connectivity index (χ2v) is 6.79. The highest BCUT2D eigenvalue weighted by Gasteiger charge is 2.12. The SMILES string of the molecule is Cc1ccc(-c2n[nH]c(=S)n2/N=C\c2c(C)[nH]n(-c3ccccc3)c2=O)cc1. The van der Waals surface area contributed by atoms with Crippen molar-refractivity contribution in [3.05, 3.63) is 86.5 Å². The van der Waals surface area contributed by atoms with Gasteiger partial charge in [0.15, 0.2) is 5.82 Å². The van der Waals surface area contributed by atoms with Crippen LogP contribution in [-0.2, 0) is 0 Å². The van der Waals surface area contributed by atoms with E-state index in [4.69, 9.17) is 12.2 Å². The van der Waals surface area contributed by atoms with Crippen LogP contribution >= 0.6 is 12.2 Å². The summed E-state index contributed by atoms with van der Waals surface area (Å²) in [5.74, 6) is 0.581. The quantitative estimate of drug-likeness (QED) is 0.413. The number of aromatic amines is 2. The Hall–Kier alpha value is -3.52. The average Bonchev–Trinajstić information content (AvgIpc) is 3.21. The lowest BCUT2D eigenvalue weighted by Crippen LogP contribution is -2.17. The van der Waals surface area contributed by atoms with Crippen LogP contribution in [-0.4, -0.2) is 30.9 Å². The molecule has 0 unspecified atom stereocenters. The van der Waals surface area contributed by atoms with E-state index in [0.717, 1.165) is 16.8 Å². The van der Waals surface area contributed by atoms with Crippen molar-refractivity contribution in [2.45, 2.75) is 13.8 Å². The molecule has 2 heterocycles. The number of H-pyrrole nitrogens is 2. The Kier molecular flexibility index (Phi) is 4.62. The second kappa shape index (κ2) is 7.24. The molecule has 7 nitrogen and oxygen atoms in total. The Labute approximate surface area is 166 Å². The van der Waals surface area contributed by atoms with Gasteiger partial charge in [0.2, 0.25) is 4.77 Å². The number of aryl methyl sites for hydroxylation is 2. The summed E-state index contributed by atoms with van der Waals surface area (Å²) in [6.45, 7) is 3.85. The Morgan fingerprint density at radius 3 is 2.50 bits per heavy atom. The molecule has 0 saturated carbocycles. The van der Waals surface area contributed by atoms with E-state index in [2.05, 4.69) is 20.4 Å². The largest absolute Gasteiger partial charge is 0.295 e. The first-order chi connectivity index (χ1) is 13.5. The second-order valence-electron chi connectivity index (χ2n) is 6.40. The number of benzene rings is 2. The average molecular weight is 390 g/mol. The smallest absolute Gasteiger partial charge is 0.280 e. The summed E-state index contributed by atoms with van der Waals surface area (Å²) in [6.07, 6.45) is 1.51. The molecule has 0 saturated heterocycles. The predicted octanol–water partition coefficient (Wildman–Crippen LogP) is 3.59. The fourth-order valence-electron chi connectivity index (χ4n) is 2.87. The molecule has 0 spiro atoms. The van der Waals surface area contributed by atoms with Gasteiger partial charge in [0.05, 0.1) is 17.5 Å². The standard InChI is InChI=1S/C20H18N6OS/c1-13-8-10-15(11-9-13)18-22-23-20(28)26(18)21-12-17-14(2)24-25(19(17)27)16-6-4-3-5-7-16/h3-12,24H,1-2H3,(H,23,28)/b21-12-. The van der Waals surface area contributed by atoms with E-state index in [-0.39, 0.29) is 5.56 Å². The first-order valence-corrected chi connectivity index (χ1v) is 9.11. The molecule has 0 aliphatic heterocycles. The number of hydrogen-bond acceptors (Lipinski definition) is 4. The van der Waals surface area contributed by atoms with E-state index < -0.39 is 0 Å². The van der Waals surface area contributed by atoms with E-state index in [1.165, 1.54) is 15.6 Å². The van der Waals surface area contributed by atoms with E-state index >= 15 is 0 Å². The molecule has 2 aromatic heterocycles. The Morgan fingerprint density at radius 2 is 1.79 bits per heavy atom. The molecule has 0 bridgehead atoms. The van der Waals surface area contributed by atoms with Crippen molar-refractivity contribution >= 4 is 18.4 Å². The van der Waals surface area contributed by atoms with Crippen LogP contribution in [0.4, 0.5) is 0 Å². The van der Waals surface area contributed by atoms with E-state index in [0.29, 0.717) is 21.9 Å². The minimum atomic E-state index is -0.181. The minimum Gasteiger partial charge on any atom is -0.295 e. The summed E-state index contributed by atoms with van der Waals surface area (Å²) in [7, 11) is 0. The summed E-state index contributed by atoms with van der Waals surface area (Å²) in [5.41, 5.74) is 3.78. The molecule has 140 valence electrons. The summed E-state index contributed by atoms with van der Waals surface area (Å²) < 4.78 is 3.36. The maximum atomic E-state index is 12.8. The van der Waals surface area contributed by atoms with Gasteiger partial charge in [-0.05, 0) is 38.2 Å². The molecule has 8 heteroatoms. The molecular formula is C20H18N6OS. The van der Waals surface area contributed by atoms with Crippen LogP contribution < -0.4 is 5.56 Å². The molecule has 4 aromatic rings. The molecule has 0 fully saturated rings. The van der Waals surface area contributed by atoms with Gasteiger partial charge in [0.25, 0.3) is 5.56 Å². The summed E-state index contributed by atoms with van der Waals surface area (Å²) in [6, 6.07) is 17.3. The van der Waals surface area contributed by atoms with Gasteiger partial charge >= 0.3 is 0 Å². The molecule has 0 radical (unpaired) electrons. The molecule has 0 amide bonds. The number of para-hydroxylation sites is 1. The first-order valence-electron chi connectivity index (χ1n) is 8.70. The molecule has 2 N–H and O–H groups in total. The Morgan fingerprint density at radius 1 is 1.07 bits per heavy atom. The van der Waals surface area contributed by atoms with Gasteiger partial charge in [-0.25, -0.2) is 9.78 Å². The van der Waals surface area contributed by atoms with Crippen LogP contribution in [0.1, 0.15) is 16.8 Å². The van der Waals surface area contributed by atoms with Crippen LogP contribution in [0.3, 0.4) is 0 Å². The number of rotatable bonds is 4. The summed E-state index contributed by atoms with van der Waals surface area (Å²) >= 11 is 5.30. The van der Waals surface area contributed by atoms with Crippen molar-refractivity contribution in [1.82, 2.24) is 24.7 Å². The maximum absolute atomic E-state index is 12.8.